The van der Waals surface area contributed by atoms with E-state index in [1.807, 2.05) is 28.7 Å². The van der Waals surface area contributed by atoms with Gasteiger partial charge in [0.25, 0.3) is 5.91 Å². The first kappa shape index (κ1) is 19.2. The minimum Gasteiger partial charge on any atom is -0.399 e. The van der Waals surface area contributed by atoms with Gasteiger partial charge in [0.05, 0.1) is 42.6 Å². The Labute approximate surface area is 177 Å². The molecule has 0 atom stereocenters. The standard InChI is InChI=1S/C23H20FN5O2/c24-19-11-15(4-5-18(19)23(30)28-6-8-31-9-7-28)20-14-29-21(12-27-22(29)13-26-20)16-2-1-3-17(25)10-16/h1-5,10-14H,6-9,25H2. The maximum atomic E-state index is 14.8. The molecule has 2 aromatic carbocycles. The molecule has 0 spiro atoms. The molecule has 156 valence electrons. The van der Waals surface area contributed by atoms with Crippen LogP contribution in [0.5, 0.6) is 0 Å². The molecule has 1 aliphatic rings. The molecule has 31 heavy (non-hydrogen) atoms. The van der Waals surface area contributed by atoms with E-state index in [0.717, 1.165) is 11.3 Å². The highest BCUT2D eigenvalue weighted by molar-refractivity contribution is 5.95. The van der Waals surface area contributed by atoms with Crippen molar-refractivity contribution in [2.45, 2.75) is 0 Å². The van der Waals surface area contributed by atoms with Gasteiger partial charge in [0, 0.05) is 36.1 Å². The van der Waals surface area contributed by atoms with Crippen molar-refractivity contribution in [3.63, 3.8) is 0 Å². The van der Waals surface area contributed by atoms with Crippen LogP contribution in [0.4, 0.5) is 10.1 Å². The summed E-state index contributed by atoms with van der Waals surface area (Å²) in [5, 5.41) is 0. The number of nitrogens with two attached hydrogens (primary N) is 1. The van der Waals surface area contributed by atoms with Crippen LogP contribution >= 0.6 is 0 Å². The second kappa shape index (κ2) is 7.81. The Morgan fingerprint density at radius 3 is 2.65 bits per heavy atom. The van der Waals surface area contributed by atoms with E-state index >= 15 is 0 Å². The highest BCUT2D eigenvalue weighted by Crippen LogP contribution is 2.26. The van der Waals surface area contributed by atoms with E-state index in [2.05, 4.69) is 9.97 Å². The summed E-state index contributed by atoms with van der Waals surface area (Å²) < 4.78 is 22.0. The summed E-state index contributed by atoms with van der Waals surface area (Å²) in [6.45, 7) is 1.86. The minimum atomic E-state index is -0.572. The smallest absolute Gasteiger partial charge is 0.256 e. The van der Waals surface area contributed by atoms with Crippen LogP contribution < -0.4 is 5.73 Å². The maximum absolute atomic E-state index is 14.8. The van der Waals surface area contributed by atoms with Crippen LogP contribution in [0.25, 0.3) is 28.2 Å². The Balaban J connectivity index is 1.50. The van der Waals surface area contributed by atoms with Crippen molar-refractivity contribution in [3.8, 4) is 22.5 Å². The highest BCUT2D eigenvalue weighted by Gasteiger charge is 2.22. The molecule has 1 saturated heterocycles. The molecule has 0 saturated carbocycles. The van der Waals surface area contributed by atoms with Crippen molar-refractivity contribution in [1.82, 2.24) is 19.3 Å². The summed E-state index contributed by atoms with van der Waals surface area (Å²) in [5.41, 5.74) is 10.2. The van der Waals surface area contributed by atoms with E-state index in [4.69, 9.17) is 10.5 Å². The van der Waals surface area contributed by atoms with Gasteiger partial charge in [-0.15, -0.1) is 0 Å². The molecule has 8 heteroatoms. The zero-order valence-electron chi connectivity index (χ0n) is 16.7. The summed E-state index contributed by atoms with van der Waals surface area (Å²) in [4.78, 5) is 23.0. The number of benzene rings is 2. The molecule has 4 aromatic rings. The molecule has 5 rings (SSSR count). The first-order valence-electron chi connectivity index (χ1n) is 9.96. The Bertz CT molecular complexity index is 1280. The van der Waals surface area contributed by atoms with Gasteiger partial charge in [-0.05, 0) is 24.3 Å². The molecule has 2 N–H and O–H groups in total. The van der Waals surface area contributed by atoms with Gasteiger partial charge < -0.3 is 15.4 Å². The van der Waals surface area contributed by atoms with Gasteiger partial charge in [-0.1, -0.05) is 18.2 Å². The van der Waals surface area contributed by atoms with Gasteiger partial charge in [0.1, 0.15) is 5.82 Å². The number of hydrogen-bond donors (Lipinski definition) is 1. The lowest BCUT2D eigenvalue weighted by molar-refractivity contribution is 0.0300. The monoisotopic (exact) mass is 417 g/mol. The fourth-order valence-corrected chi connectivity index (χ4v) is 3.73. The first-order valence-corrected chi connectivity index (χ1v) is 9.96. The molecule has 3 heterocycles. The lowest BCUT2D eigenvalue weighted by Crippen LogP contribution is -2.41. The van der Waals surface area contributed by atoms with E-state index in [1.54, 1.807) is 29.6 Å². The van der Waals surface area contributed by atoms with Crippen LogP contribution in [0.15, 0.2) is 61.1 Å². The second-order valence-corrected chi connectivity index (χ2v) is 7.37. The number of hydrogen-bond acceptors (Lipinski definition) is 5. The Morgan fingerprint density at radius 1 is 1.03 bits per heavy atom. The van der Waals surface area contributed by atoms with Crippen LogP contribution in [-0.4, -0.2) is 51.5 Å². The van der Waals surface area contributed by atoms with Crippen molar-refractivity contribution in [3.05, 3.63) is 72.4 Å². The number of carbonyl (C=O) groups excluding carboxylic acids is 1. The number of halogens is 1. The summed E-state index contributed by atoms with van der Waals surface area (Å²) in [5.74, 6) is -0.896. The molecule has 1 aliphatic heterocycles. The number of ether oxygens (including phenoxy) is 1. The zero-order valence-corrected chi connectivity index (χ0v) is 16.7. The van der Waals surface area contributed by atoms with Crippen LogP contribution in [0.3, 0.4) is 0 Å². The van der Waals surface area contributed by atoms with Gasteiger partial charge in [-0.25, -0.2) is 9.37 Å². The van der Waals surface area contributed by atoms with E-state index in [-0.39, 0.29) is 11.5 Å². The van der Waals surface area contributed by atoms with Crippen LogP contribution in [0.1, 0.15) is 10.4 Å². The number of rotatable bonds is 3. The van der Waals surface area contributed by atoms with Gasteiger partial charge in [-0.2, -0.15) is 0 Å². The van der Waals surface area contributed by atoms with Crippen LogP contribution in [-0.2, 0) is 4.74 Å². The fraction of sp³-hybridized carbons (Fsp3) is 0.174. The van der Waals surface area contributed by atoms with Gasteiger partial charge in [-0.3, -0.25) is 14.2 Å². The maximum Gasteiger partial charge on any atom is 0.256 e. The van der Waals surface area contributed by atoms with Crippen molar-refractivity contribution < 1.29 is 13.9 Å². The summed E-state index contributed by atoms with van der Waals surface area (Å²) >= 11 is 0. The van der Waals surface area contributed by atoms with Gasteiger partial charge in [0.15, 0.2) is 5.65 Å². The molecule has 0 radical (unpaired) electrons. The summed E-state index contributed by atoms with van der Waals surface area (Å²) in [6.07, 6.45) is 5.19. The minimum absolute atomic E-state index is 0.0507. The van der Waals surface area contributed by atoms with Crippen molar-refractivity contribution in [2.75, 3.05) is 32.0 Å². The third kappa shape index (κ3) is 3.62. The van der Waals surface area contributed by atoms with Gasteiger partial charge in [0.2, 0.25) is 0 Å². The molecule has 1 fully saturated rings. The lowest BCUT2D eigenvalue weighted by Gasteiger charge is -2.27. The van der Waals surface area contributed by atoms with Crippen LogP contribution in [0.2, 0.25) is 0 Å². The normalized spacial score (nSPS) is 14.2. The molecular formula is C23H20FN5O2. The number of morpholine rings is 1. The fourth-order valence-electron chi connectivity index (χ4n) is 3.73. The molecule has 7 nitrogen and oxygen atoms in total. The number of anilines is 1. The van der Waals surface area contributed by atoms with E-state index in [9.17, 15) is 9.18 Å². The number of aromatic nitrogens is 3. The first-order chi connectivity index (χ1) is 15.1. The molecular weight excluding hydrogens is 397 g/mol. The Hall–Kier alpha value is -3.78. The number of amides is 1. The van der Waals surface area contributed by atoms with Crippen molar-refractivity contribution >= 4 is 17.2 Å². The number of imidazole rings is 1. The SMILES string of the molecule is Nc1cccc(-c2cnc3cnc(-c4ccc(C(=O)N5CCOCC5)c(F)c4)cn23)c1. The van der Waals surface area contributed by atoms with Crippen molar-refractivity contribution in [1.29, 1.82) is 0 Å². The molecule has 2 aromatic heterocycles. The van der Waals surface area contributed by atoms with Gasteiger partial charge >= 0.3 is 0 Å². The predicted molar refractivity (Wildman–Crippen MR) is 115 cm³/mol. The third-order valence-corrected chi connectivity index (χ3v) is 5.37. The molecule has 0 unspecified atom stereocenters. The lowest BCUT2D eigenvalue weighted by atomic mass is 10.1. The predicted octanol–water partition coefficient (Wildman–Crippen LogP) is 3.26. The average Bonchev–Trinajstić information content (AvgIpc) is 3.22. The third-order valence-electron chi connectivity index (χ3n) is 5.37. The van der Waals surface area contributed by atoms with E-state index in [0.29, 0.717) is 48.9 Å². The number of nitrogens with zero attached hydrogens (tertiary/aromatic N) is 4. The molecule has 0 bridgehead atoms. The summed E-state index contributed by atoms with van der Waals surface area (Å²) in [6, 6.07) is 12.1. The molecule has 0 aliphatic carbocycles. The number of carbonyl (C=O) groups is 1. The summed E-state index contributed by atoms with van der Waals surface area (Å²) in [7, 11) is 0. The highest BCUT2D eigenvalue weighted by atomic mass is 19.1. The number of nitrogen functional groups attached to an aromatic ring is 1. The Morgan fingerprint density at radius 2 is 1.87 bits per heavy atom. The van der Waals surface area contributed by atoms with E-state index in [1.165, 1.54) is 12.1 Å². The van der Waals surface area contributed by atoms with Crippen LogP contribution in [0, 0.1) is 5.82 Å². The quantitative estimate of drug-likeness (QED) is 0.517. The zero-order chi connectivity index (χ0) is 21.4. The largest absolute Gasteiger partial charge is 0.399 e. The topological polar surface area (TPSA) is 85.8 Å². The average molecular weight is 417 g/mol. The Kier molecular flexibility index (Phi) is 4.83. The van der Waals surface area contributed by atoms with E-state index < -0.39 is 5.82 Å². The second-order valence-electron chi connectivity index (χ2n) is 7.37. The number of fused-ring (bicyclic) bond motifs is 1. The van der Waals surface area contributed by atoms with Crippen molar-refractivity contribution in [2.24, 2.45) is 0 Å². The molecule has 1 amide bonds.